The molecular formula is C28H30FN3O2. The summed E-state index contributed by atoms with van der Waals surface area (Å²) in [5, 5.41) is 5.93. The van der Waals surface area contributed by atoms with E-state index in [0.717, 1.165) is 37.2 Å². The predicted molar refractivity (Wildman–Crippen MR) is 134 cm³/mol. The zero-order valence-electron chi connectivity index (χ0n) is 19.6. The molecule has 1 saturated heterocycles. The van der Waals surface area contributed by atoms with Crippen molar-refractivity contribution in [2.24, 2.45) is 5.92 Å². The number of hydrogen-bond acceptors (Lipinski definition) is 3. The molecule has 34 heavy (non-hydrogen) atoms. The molecule has 2 amide bonds. The van der Waals surface area contributed by atoms with Crippen molar-refractivity contribution >= 4 is 23.2 Å². The van der Waals surface area contributed by atoms with Gasteiger partial charge < -0.3 is 15.5 Å². The van der Waals surface area contributed by atoms with E-state index >= 15 is 0 Å². The Morgan fingerprint density at radius 3 is 2.29 bits per heavy atom. The standard InChI is InChI=1S/C28H30FN3O2/c1-19-14-16-32(17-15-19)26-13-12-24(31-27(33)22-8-10-23(29)11-9-22)18-25(26)28(34)30-20(2)21-6-4-3-5-7-21/h3-13,18-20H,14-17H2,1-2H3,(H,30,34)(H,31,33). The van der Waals surface area contributed by atoms with Gasteiger partial charge in [0, 0.05) is 30.0 Å². The Morgan fingerprint density at radius 1 is 0.941 bits per heavy atom. The Morgan fingerprint density at radius 2 is 1.62 bits per heavy atom. The number of halogens is 1. The van der Waals surface area contributed by atoms with Crippen LogP contribution in [0.4, 0.5) is 15.8 Å². The highest BCUT2D eigenvalue weighted by Gasteiger charge is 2.23. The molecule has 3 aromatic carbocycles. The van der Waals surface area contributed by atoms with Crippen LogP contribution in [0.1, 0.15) is 59.0 Å². The first-order valence-corrected chi connectivity index (χ1v) is 11.7. The molecule has 1 unspecified atom stereocenters. The van der Waals surface area contributed by atoms with Gasteiger partial charge in [-0.15, -0.1) is 0 Å². The van der Waals surface area contributed by atoms with E-state index in [9.17, 15) is 14.0 Å². The maximum atomic E-state index is 13.4. The van der Waals surface area contributed by atoms with Gasteiger partial charge in [-0.25, -0.2) is 4.39 Å². The number of hydrogen-bond donors (Lipinski definition) is 2. The van der Waals surface area contributed by atoms with Crippen LogP contribution in [0.25, 0.3) is 0 Å². The summed E-state index contributed by atoms with van der Waals surface area (Å²) in [5.74, 6) is -0.282. The van der Waals surface area contributed by atoms with Gasteiger partial charge in [-0.2, -0.15) is 0 Å². The summed E-state index contributed by atoms with van der Waals surface area (Å²) < 4.78 is 13.2. The van der Waals surface area contributed by atoms with Crippen molar-refractivity contribution in [1.29, 1.82) is 0 Å². The van der Waals surface area contributed by atoms with Crippen molar-refractivity contribution in [3.05, 3.63) is 95.3 Å². The number of anilines is 2. The lowest BCUT2D eigenvalue weighted by Gasteiger charge is -2.33. The van der Waals surface area contributed by atoms with Crippen LogP contribution in [0.5, 0.6) is 0 Å². The first-order valence-electron chi connectivity index (χ1n) is 11.7. The van der Waals surface area contributed by atoms with Crippen LogP contribution < -0.4 is 15.5 Å². The van der Waals surface area contributed by atoms with Crippen molar-refractivity contribution in [3.8, 4) is 0 Å². The number of nitrogens with one attached hydrogen (secondary N) is 2. The van der Waals surface area contributed by atoms with Gasteiger partial charge in [-0.05, 0) is 73.7 Å². The molecule has 0 radical (unpaired) electrons. The SMILES string of the molecule is CC1CCN(c2ccc(NC(=O)c3ccc(F)cc3)cc2C(=O)NC(C)c2ccccc2)CC1. The number of amides is 2. The summed E-state index contributed by atoms with van der Waals surface area (Å²) in [6, 6.07) is 20.4. The second kappa shape index (κ2) is 10.5. The van der Waals surface area contributed by atoms with Crippen molar-refractivity contribution in [3.63, 3.8) is 0 Å². The molecule has 1 heterocycles. The van der Waals surface area contributed by atoms with Gasteiger partial charge in [0.15, 0.2) is 0 Å². The number of carbonyl (C=O) groups excluding carboxylic acids is 2. The number of nitrogens with zero attached hydrogens (tertiary/aromatic N) is 1. The molecule has 176 valence electrons. The molecule has 1 atom stereocenters. The summed E-state index contributed by atoms with van der Waals surface area (Å²) in [5.41, 5.74) is 3.27. The average Bonchev–Trinajstić information content (AvgIpc) is 2.85. The number of carbonyl (C=O) groups is 2. The van der Waals surface area contributed by atoms with Gasteiger partial charge in [0.1, 0.15) is 5.82 Å². The third kappa shape index (κ3) is 5.63. The Kier molecular flexibility index (Phi) is 7.26. The highest BCUT2D eigenvalue weighted by Crippen LogP contribution is 2.29. The highest BCUT2D eigenvalue weighted by molar-refractivity contribution is 6.06. The molecule has 0 spiro atoms. The van der Waals surface area contributed by atoms with E-state index in [0.29, 0.717) is 22.7 Å². The Labute approximate surface area is 200 Å². The van der Waals surface area contributed by atoms with E-state index in [-0.39, 0.29) is 17.9 Å². The van der Waals surface area contributed by atoms with Crippen LogP contribution in [-0.4, -0.2) is 24.9 Å². The van der Waals surface area contributed by atoms with Gasteiger partial charge >= 0.3 is 0 Å². The topological polar surface area (TPSA) is 61.4 Å². The minimum atomic E-state index is -0.400. The van der Waals surface area contributed by atoms with E-state index in [1.807, 2.05) is 49.4 Å². The third-order valence-corrected chi connectivity index (χ3v) is 6.38. The number of piperidine rings is 1. The minimum absolute atomic E-state index is 0.166. The molecular weight excluding hydrogens is 429 g/mol. The molecule has 6 heteroatoms. The van der Waals surface area contributed by atoms with Crippen LogP contribution in [-0.2, 0) is 0 Å². The quantitative estimate of drug-likeness (QED) is 0.489. The van der Waals surface area contributed by atoms with E-state index in [1.54, 1.807) is 6.07 Å². The van der Waals surface area contributed by atoms with Gasteiger partial charge in [-0.3, -0.25) is 9.59 Å². The molecule has 0 aromatic heterocycles. The summed E-state index contributed by atoms with van der Waals surface area (Å²) in [4.78, 5) is 28.3. The maximum Gasteiger partial charge on any atom is 0.255 e. The maximum absolute atomic E-state index is 13.4. The minimum Gasteiger partial charge on any atom is -0.371 e. The van der Waals surface area contributed by atoms with E-state index < -0.39 is 5.82 Å². The van der Waals surface area contributed by atoms with E-state index in [1.165, 1.54) is 24.3 Å². The molecule has 3 aromatic rings. The van der Waals surface area contributed by atoms with Gasteiger partial charge in [0.25, 0.3) is 11.8 Å². The van der Waals surface area contributed by atoms with E-state index in [2.05, 4.69) is 22.5 Å². The fourth-order valence-corrected chi connectivity index (χ4v) is 4.22. The lowest BCUT2D eigenvalue weighted by atomic mass is 9.97. The molecule has 1 fully saturated rings. The van der Waals surface area contributed by atoms with Gasteiger partial charge in [0.05, 0.1) is 11.6 Å². The molecule has 4 rings (SSSR count). The van der Waals surface area contributed by atoms with Crippen molar-refractivity contribution in [2.75, 3.05) is 23.3 Å². The first kappa shape index (κ1) is 23.5. The molecule has 2 N–H and O–H groups in total. The van der Waals surface area contributed by atoms with Gasteiger partial charge in [-0.1, -0.05) is 37.3 Å². The normalized spacial score (nSPS) is 15.0. The fourth-order valence-electron chi connectivity index (χ4n) is 4.22. The molecule has 1 aliphatic heterocycles. The molecule has 0 aliphatic carbocycles. The van der Waals surface area contributed by atoms with E-state index in [4.69, 9.17) is 0 Å². The van der Waals surface area contributed by atoms with Crippen LogP contribution in [0.15, 0.2) is 72.8 Å². The fraction of sp³-hybridized carbons (Fsp3) is 0.286. The molecule has 5 nitrogen and oxygen atoms in total. The van der Waals surface area contributed by atoms with Crippen LogP contribution >= 0.6 is 0 Å². The smallest absolute Gasteiger partial charge is 0.255 e. The van der Waals surface area contributed by atoms with Crippen LogP contribution in [0.3, 0.4) is 0 Å². The first-order chi connectivity index (χ1) is 16.4. The third-order valence-electron chi connectivity index (χ3n) is 6.38. The second-order valence-electron chi connectivity index (χ2n) is 8.97. The zero-order valence-corrected chi connectivity index (χ0v) is 19.6. The lowest BCUT2D eigenvalue weighted by molar-refractivity contribution is 0.0939. The Hall–Kier alpha value is -3.67. The highest BCUT2D eigenvalue weighted by atomic mass is 19.1. The number of rotatable bonds is 6. The van der Waals surface area contributed by atoms with Crippen LogP contribution in [0.2, 0.25) is 0 Å². The molecule has 1 aliphatic rings. The summed E-state index contributed by atoms with van der Waals surface area (Å²) >= 11 is 0. The monoisotopic (exact) mass is 459 g/mol. The number of benzene rings is 3. The lowest BCUT2D eigenvalue weighted by Crippen LogP contribution is -2.35. The summed E-state index contributed by atoms with van der Waals surface area (Å²) in [7, 11) is 0. The van der Waals surface area contributed by atoms with Crippen LogP contribution in [0, 0.1) is 11.7 Å². The van der Waals surface area contributed by atoms with Gasteiger partial charge in [0.2, 0.25) is 0 Å². The summed E-state index contributed by atoms with van der Waals surface area (Å²) in [6.45, 7) is 5.98. The largest absolute Gasteiger partial charge is 0.371 e. The zero-order chi connectivity index (χ0) is 24.1. The molecule has 0 saturated carbocycles. The second-order valence-corrected chi connectivity index (χ2v) is 8.97. The van der Waals surface area contributed by atoms with Crippen molar-refractivity contribution in [2.45, 2.75) is 32.7 Å². The Balaban J connectivity index is 1.59. The average molecular weight is 460 g/mol. The Bertz CT molecular complexity index is 1140. The van der Waals surface area contributed by atoms with Crippen molar-refractivity contribution in [1.82, 2.24) is 5.32 Å². The molecule has 0 bridgehead atoms. The predicted octanol–water partition coefficient (Wildman–Crippen LogP) is 5.81. The summed E-state index contributed by atoms with van der Waals surface area (Å²) in [6.07, 6.45) is 2.15. The van der Waals surface area contributed by atoms with Crippen molar-refractivity contribution < 1.29 is 14.0 Å².